The van der Waals surface area contributed by atoms with Crippen molar-refractivity contribution in [2.45, 2.75) is 13.0 Å². The van der Waals surface area contributed by atoms with Gasteiger partial charge in [-0.15, -0.1) is 0 Å². The fraction of sp³-hybridized carbons (Fsp3) is 0.429. The lowest BCUT2D eigenvalue weighted by Crippen LogP contribution is -2.29. The largest absolute Gasteiger partial charge is 0.496 e. The number of methoxy groups -OCH3 is 1. The van der Waals surface area contributed by atoms with E-state index in [1.165, 1.54) is 4.90 Å². The van der Waals surface area contributed by atoms with Crippen LogP contribution in [0.1, 0.15) is 12.0 Å². The molecule has 1 aliphatic rings. The van der Waals surface area contributed by atoms with Crippen molar-refractivity contribution in [3.05, 3.63) is 28.8 Å². The highest BCUT2D eigenvalue weighted by Crippen LogP contribution is 2.40. The Hall–Kier alpha value is -1.75. The molecule has 20 heavy (non-hydrogen) atoms. The average Bonchev–Trinajstić information content (AvgIpc) is 3.18. The number of benzene rings is 1. The Morgan fingerprint density at radius 3 is 2.70 bits per heavy atom. The molecule has 1 aromatic rings. The van der Waals surface area contributed by atoms with Crippen molar-refractivity contribution in [2.24, 2.45) is 11.8 Å². The Morgan fingerprint density at radius 2 is 2.15 bits per heavy atom. The molecule has 1 amide bonds. The van der Waals surface area contributed by atoms with Gasteiger partial charge in [0, 0.05) is 24.2 Å². The summed E-state index contributed by atoms with van der Waals surface area (Å²) in [6, 6.07) is 5.20. The molecule has 0 radical (unpaired) electrons. The van der Waals surface area contributed by atoms with Crippen LogP contribution in [0.4, 0.5) is 0 Å². The standard InChI is InChI=1S/C14H16ClNO4/c1-16(13(17)10-6-11(10)14(18)19)7-8-5-9(15)3-4-12(8)20-2/h3-5,10-11H,6-7H2,1-2H3,(H,18,19)/t10-,11+/m1/s1. The molecule has 108 valence electrons. The van der Waals surface area contributed by atoms with Crippen LogP contribution in [0.25, 0.3) is 0 Å². The molecule has 1 fully saturated rings. The van der Waals surface area contributed by atoms with Gasteiger partial charge in [0.15, 0.2) is 0 Å². The van der Waals surface area contributed by atoms with Gasteiger partial charge in [-0.3, -0.25) is 9.59 Å². The molecule has 1 aliphatic carbocycles. The quantitative estimate of drug-likeness (QED) is 0.903. The summed E-state index contributed by atoms with van der Waals surface area (Å²) in [5.74, 6) is -1.34. The van der Waals surface area contributed by atoms with Crippen molar-refractivity contribution in [2.75, 3.05) is 14.2 Å². The molecule has 0 aromatic heterocycles. The first-order valence-corrected chi connectivity index (χ1v) is 6.62. The summed E-state index contributed by atoms with van der Waals surface area (Å²) < 4.78 is 5.23. The lowest BCUT2D eigenvalue weighted by atomic mass is 10.1. The van der Waals surface area contributed by atoms with Crippen molar-refractivity contribution in [1.82, 2.24) is 4.90 Å². The number of carboxylic acids is 1. The average molecular weight is 298 g/mol. The maximum Gasteiger partial charge on any atom is 0.307 e. The highest BCUT2D eigenvalue weighted by atomic mass is 35.5. The Morgan fingerprint density at radius 1 is 1.45 bits per heavy atom. The van der Waals surface area contributed by atoms with Gasteiger partial charge in [0.25, 0.3) is 0 Å². The highest BCUT2D eigenvalue weighted by Gasteiger charge is 2.49. The van der Waals surface area contributed by atoms with E-state index in [-0.39, 0.29) is 5.91 Å². The molecule has 0 heterocycles. The number of hydrogen-bond donors (Lipinski definition) is 1. The summed E-state index contributed by atoms with van der Waals surface area (Å²) in [7, 11) is 3.20. The molecule has 2 atom stereocenters. The maximum atomic E-state index is 12.1. The topological polar surface area (TPSA) is 66.8 Å². The van der Waals surface area contributed by atoms with Gasteiger partial charge in [-0.1, -0.05) is 11.6 Å². The Kier molecular flexibility index (Phi) is 4.18. The fourth-order valence-corrected chi connectivity index (χ4v) is 2.42. The molecule has 0 unspecified atom stereocenters. The van der Waals surface area contributed by atoms with Gasteiger partial charge in [-0.25, -0.2) is 0 Å². The number of carboxylic acid groups (broad SMARTS) is 1. The van der Waals surface area contributed by atoms with Crippen molar-refractivity contribution in [3.63, 3.8) is 0 Å². The summed E-state index contributed by atoms with van der Waals surface area (Å²) >= 11 is 5.94. The second kappa shape index (κ2) is 5.71. The Bertz CT molecular complexity index is 546. The van der Waals surface area contributed by atoms with E-state index < -0.39 is 17.8 Å². The van der Waals surface area contributed by atoms with Crippen molar-refractivity contribution >= 4 is 23.5 Å². The Balaban J connectivity index is 2.05. The molecule has 6 heteroatoms. The van der Waals surface area contributed by atoms with Gasteiger partial charge in [0.1, 0.15) is 5.75 Å². The van der Waals surface area contributed by atoms with Crippen LogP contribution in [0.2, 0.25) is 5.02 Å². The zero-order valence-corrected chi connectivity index (χ0v) is 12.1. The Labute approximate surface area is 122 Å². The van der Waals surface area contributed by atoms with Gasteiger partial charge in [-0.2, -0.15) is 0 Å². The minimum atomic E-state index is -0.905. The van der Waals surface area contributed by atoms with Crippen LogP contribution in [-0.2, 0) is 16.1 Å². The number of hydrogen-bond acceptors (Lipinski definition) is 3. The second-order valence-electron chi connectivity index (χ2n) is 4.94. The number of carbonyl (C=O) groups is 2. The number of halogens is 1. The van der Waals surface area contributed by atoms with Gasteiger partial charge in [-0.05, 0) is 24.6 Å². The predicted molar refractivity (Wildman–Crippen MR) is 73.7 cm³/mol. The smallest absolute Gasteiger partial charge is 0.307 e. The van der Waals surface area contributed by atoms with Gasteiger partial charge >= 0.3 is 5.97 Å². The molecular formula is C14H16ClNO4. The van der Waals surface area contributed by atoms with Gasteiger partial charge in [0.05, 0.1) is 18.9 Å². The first-order chi connectivity index (χ1) is 9.43. The molecular weight excluding hydrogens is 282 g/mol. The first kappa shape index (κ1) is 14.7. The monoisotopic (exact) mass is 297 g/mol. The SMILES string of the molecule is COc1ccc(Cl)cc1CN(C)C(=O)[C@@H]1C[C@@H]1C(=O)O. The van der Waals surface area contributed by atoms with E-state index in [4.69, 9.17) is 21.4 Å². The summed E-state index contributed by atoms with van der Waals surface area (Å²) in [5, 5.41) is 9.42. The van der Waals surface area contributed by atoms with E-state index in [1.807, 2.05) is 0 Å². The lowest BCUT2D eigenvalue weighted by Gasteiger charge is -2.19. The maximum absolute atomic E-state index is 12.1. The number of amides is 1. The molecule has 0 bridgehead atoms. The lowest BCUT2D eigenvalue weighted by molar-refractivity contribution is -0.141. The number of aliphatic carboxylic acids is 1. The third kappa shape index (κ3) is 3.04. The van der Waals surface area contributed by atoms with Crippen molar-refractivity contribution in [1.29, 1.82) is 0 Å². The summed E-state index contributed by atoms with van der Waals surface area (Å²) in [4.78, 5) is 24.4. The summed E-state index contributed by atoms with van der Waals surface area (Å²) in [6.45, 7) is 0.339. The fourth-order valence-electron chi connectivity index (χ4n) is 2.23. The summed E-state index contributed by atoms with van der Waals surface area (Å²) in [6.07, 6.45) is 0.422. The van der Waals surface area contributed by atoms with E-state index in [2.05, 4.69) is 0 Å². The van der Waals surface area contributed by atoms with E-state index in [0.29, 0.717) is 23.7 Å². The van der Waals surface area contributed by atoms with E-state index in [0.717, 1.165) is 5.56 Å². The molecule has 1 aromatic carbocycles. The van der Waals surface area contributed by atoms with E-state index >= 15 is 0 Å². The van der Waals surface area contributed by atoms with Crippen LogP contribution in [0.3, 0.4) is 0 Å². The second-order valence-corrected chi connectivity index (χ2v) is 5.37. The number of ether oxygens (including phenoxy) is 1. The van der Waals surface area contributed by atoms with Gasteiger partial charge in [0.2, 0.25) is 5.91 Å². The van der Waals surface area contributed by atoms with Crippen LogP contribution in [-0.4, -0.2) is 36.0 Å². The van der Waals surface area contributed by atoms with Crippen LogP contribution < -0.4 is 4.74 Å². The first-order valence-electron chi connectivity index (χ1n) is 6.24. The minimum Gasteiger partial charge on any atom is -0.496 e. The zero-order valence-electron chi connectivity index (χ0n) is 11.3. The predicted octanol–water partition coefficient (Wildman–Crippen LogP) is 2.03. The van der Waals surface area contributed by atoms with Crippen LogP contribution in [0.5, 0.6) is 5.75 Å². The van der Waals surface area contributed by atoms with E-state index in [9.17, 15) is 9.59 Å². The molecule has 0 spiro atoms. The highest BCUT2D eigenvalue weighted by molar-refractivity contribution is 6.30. The molecule has 2 rings (SSSR count). The van der Waals surface area contributed by atoms with Crippen LogP contribution in [0, 0.1) is 11.8 Å². The molecule has 1 saturated carbocycles. The summed E-state index contributed by atoms with van der Waals surface area (Å²) in [5.41, 5.74) is 0.795. The number of carbonyl (C=O) groups excluding carboxylic acids is 1. The third-order valence-corrected chi connectivity index (χ3v) is 3.69. The van der Waals surface area contributed by atoms with E-state index in [1.54, 1.807) is 32.4 Å². The minimum absolute atomic E-state index is 0.153. The van der Waals surface area contributed by atoms with Gasteiger partial charge < -0.3 is 14.7 Å². The molecule has 1 N–H and O–H groups in total. The van der Waals surface area contributed by atoms with Crippen LogP contribution in [0.15, 0.2) is 18.2 Å². The normalized spacial score (nSPS) is 20.4. The number of nitrogens with zero attached hydrogens (tertiary/aromatic N) is 1. The number of rotatable bonds is 5. The third-order valence-electron chi connectivity index (χ3n) is 3.45. The van der Waals surface area contributed by atoms with Crippen molar-refractivity contribution < 1.29 is 19.4 Å². The van der Waals surface area contributed by atoms with Crippen LogP contribution >= 0.6 is 11.6 Å². The molecule has 5 nitrogen and oxygen atoms in total. The van der Waals surface area contributed by atoms with Crippen molar-refractivity contribution in [3.8, 4) is 5.75 Å². The molecule has 0 aliphatic heterocycles. The molecule has 0 saturated heterocycles. The zero-order chi connectivity index (χ0) is 14.9.